The zero-order valence-electron chi connectivity index (χ0n) is 65.1. The second-order valence-corrected chi connectivity index (χ2v) is 32.9. The smallest absolute Gasteiger partial charge is 0.462 e. The maximum atomic E-state index is 13.1. The molecule has 0 amide bonds. The Hall–Kier alpha value is -1.94. The van der Waals surface area contributed by atoms with Crippen molar-refractivity contribution in [2.45, 2.75) is 427 Å². The molecular weight excluding hydrogens is 1290 g/mol. The largest absolute Gasteiger partial charge is 0.472 e. The van der Waals surface area contributed by atoms with Gasteiger partial charge in [-0.3, -0.25) is 37.3 Å². The van der Waals surface area contributed by atoms with E-state index in [-0.39, 0.29) is 25.7 Å². The quantitative estimate of drug-likeness (QED) is 0.0222. The third-order valence-electron chi connectivity index (χ3n) is 19.7. The molecule has 0 aliphatic carbocycles. The first-order valence-corrected chi connectivity index (χ1v) is 44.3. The Morgan fingerprint density at radius 1 is 0.283 bits per heavy atom. The van der Waals surface area contributed by atoms with Crippen LogP contribution in [0.3, 0.4) is 0 Å². The summed E-state index contributed by atoms with van der Waals surface area (Å²) in [6, 6.07) is 0. The topological polar surface area (TPSA) is 237 Å². The number of ether oxygens (including phenoxy) is 4. The van der Waals surface area contributed by atoms with Gasteiger partial charge in [0.2, 0.25) is 0 Å². The maximum Gasteiger partial charge on any atom is 0.472 e. The van der Waals surface area contributed by atoms with E-state index in [1.807, 2.05) is 0 Å². The summed E-state index contributed by atoms with van der Waals surface area (Å²) in [5.41, 5.74) is 0. The van der Waals surface area contributed by atoms with Gasteiger partial charge in [-0.15, -0.1) is 0 Å². The summed E-state index contributed by atoms with van der Waals surface area (Å²) < 4.78 is 68.7. The minimum atomic E-state index is -4.96. The second kappa shape index (κ2) is 69.1. The minimum Gasteiger partial charge on any atom is -0.462 e. The highest BCUT2D eigenvalue weighted by atomic mass is 31.2. The van der Waals surface area contributed by atoms with Crippen molar-refractivity contribution in [3.63, 3.8) is 0 Å². The highest BCUT2D eigenvalue weighted by Gasteiger charge is 2.30. The summed E-state index contributed by atoms with van der Waals surface area (Å²) in [5.74, 6) is 1.06. The first kappa shape index (κ1) is 97.1. The highest BCUT2D eigenvalue weighted by Crippen LogP contribution is 2.45. The van der Waals surface area contributed by atoms with Gasteiger partial charge in [0.15, 0.2) is 12.2 Å². The molecule has 3 N–H and O–H groups in total. The van der Waals surface area contributed by atoms with Crippen LogP contribution >= 0.6 is 15.6 Å². The Morgan fingerprint density at radius 2 is 0.485 bits per heavy atom. The van der Waals surface area contributed by atoms with E-state index in [4.69, 9.17) is 37.0 Å². The van der Waals surface area contributed by atoms with Crippen LogP contribution in [0.15, 0.2) is 0 Å². The fourth-order valence-corrected chi connectivity index (χ4v) is 13.7. The van der Waals surface area contributed by atoms with Crippen LogP contribution < -0.4 is 0 Å². The predicted molar refractivity (Wildman–Crippen MR) is 404 cm³/mol. The van der Waals surface area contributed by atoms with E-state index in [2.05, 4.69) is 55.4 Å². The van der Waals surface area contributed by atoms with E-state index in [0.29, 0.717) is 25.7 Å². The molecule has 0 heterocycles. The summed E-state index contributed by atoms with van der Waals surface area (Å²) in [6.45, 7) is 14.3. The van der Waals surface area contributed by atoms with E-state index in [9.17, 15) is 43.2 Å². The number of hydrogen-bond donors (Lipinski definition) is 3. The standard InChI is InChI=1S/C80H156O17P2/c1-9-71(6)57-49-41-33-27-20-16-12-14-18-22-29-35-44-52-60-77(82)90-66-75(96-80(85)63-55-47-37-31-25-24-26-32-40-48-56-70(4)5)68-94-98(86,87)92-64-74(81)65-93-99(88,89)95-69-76(67-91-78(83)61-53-45-39-38-43-51-59-73(8)11-3)97-79(84)62-54-46-36-30-23-19-15-13-17-21-28-34-42-50-58-72(7)10-2/h70-76,81H,9-69H2,1-8H3,(H,86,87)(H,88,89)/t71?,72?,73?,74-,75-,76-/m1/s1. The zero-order valence-corrected chi connectivity index (χ0v) is 66.9. The Morgan fingerprint density at radius 3 is 0.717 bits per heavy atom. The van der Waals surface area contributed by atoms with Crippen molar-refractivity contribution in [2.24, 2.45) is 23.7 Å². The normalized spacial score (nSPS) is 14.9. The van der Waals surface area contributed by atoms with Crippen LogP contribution in [-0.4, -0.2) is 96.7 Å². The van der Waals surface area contributed by atoms with Gasteiger partial charge in [0.1, 0.15) is 19.3 Å². The fourth-order valence-electron chi connectivity index (χ4n) is 12.2. The van der Waals surface area contributed by atoms with Gasteiger partial charge in [0.05, 0.1) is 26.4 Å². The number of phosphoric ester groups is 2. The predicted octanol–water partition coefficient (Wildman–Crippen LogP) is 23.6. The molecule has 0 aromatic heterocycles. The fraction of sp³-hybridized carbons (Fsp3) is 0.950. The molecule has 0 aromatic rings. The monoisotopic (exact) mass is 1450 g/mol. The lowest BCUT2D eigenvalue weighted by Crippen LogP contribution is -2.30. The van der Waals surface area contributed by atoms with E-state index in [0.717, 1.165) is 120 Å². The lowest BCUT2D eigenvalue weighted by atomic mass is 9.99. The van der Waals surface area contributed by atoms with Crippen LogP contribution in [0.2, 0.25) is 0 Å². The van der Waals surface area contributed by atoms with E-state index >= 15 is 0 Å². The molecule has 0 radical (unpaired) electrons. The Labute approximate surface area is 607 Å². The molecule has 0 saturated heterocycles. The van der Waals surface area contributed by atoms with Gasteiger partial charge in [-0.1, -0.05) is 357 Å². The van der Waals surface area contributed by atoms with E-state index in [1.54, 1.807) is 0 Å². The van der Waals surface area contributed by atoms with Crippen LogP contribution in [0.25, 0.3) is 0 Å². The SMILES string of the molecule is CCC(C)CCCCCCCCCCCCCCCCC(=O)OC[C@H](COP(=O)(O)OC[C@@H](O)COP(=O)(O)OC[C@@H](COC(=O)CCCCCCCCC(C)CC)OC(=O)CCCCCCCCCCCCCCCCC(C)CC)OC(=O)CCCCCCCCCCCCC(C)C. The van der Waals surface area contributed by atoms with Crippen molar-refractivity contribution in [3.05, 3.63) is 0 Å². The maximum absolute atomic E-state index is 13.1. The first-order valence-electron chi connectivity index (χ1n) is 41.3. The molecule has 0 aliphatic heterocycles. The number of rotatable bonds is 77. The lowest BCUT2D eigenvalue weighted by molar-refractivity contribution is -0.161. The highest BCUT2D eigenvalue weighted by molar-refractivity contribution is 7.47. The van der Waals surface area contributed by atoms with Crippen molar-refractivity contribution in [2.75, 3.05) is 39.6 Å². The second-order valence-electron chi connectivity index (χ2n) is 30.0. The molecule has 0 spiro atoms. The summed E-state index contributed by atoms with van der Waals surface area (Å²) >= 11 is 0. The Kier molecular flexibility index (Phi) is 67.8. The van der Waals surface area contributed by atoms with Crippen LogP contribution in [-0.2, 0) is 65.4 Å². The van der Waals surface area contributed by atoms with Gasteiger partial charge in [-0.05, 0) is 49.4 Å². The molecule has 5 unspecified atom stereocenters. The molecule has 8 atom stereocenters. The van der Waals surface area contributed by atoms with Gasteiger partial charge >= 0.3 is 39.5 Å². The van der Waals surface area contributed by atoms with Gasteiger partial charge in [0.25, 0.3) is 0 Å². The zero-order chi connectivity index (χ0) is 73.1. The van der Waals surface area contributed by atoms with Crippen LogP contribution in [0.4, 0.5) is 0 Å². The number of carbonyl (C=O) groups is 4. The average molecular weight is 1450 g/mol. The third kappa shape index (κ3) is 70.2. The number of esters is 4. The summed E-state index contributed by atoms with van der Waals surface area (Å²) in [4.78, 5) is 73.0. The molecule has 588 valence electrons. The number of hydrogen-bond acceptors (Lipinski definition) is 15. The summed E-state index contributed by atoms with van der Waals surface area (Å²) in [5, 5.41) is 10.6. The molecule has 0 fully saturated rings. The number of aliphatic hydroxyl groups excluding tert-OH is 1. The van der Waals surface area contributed by atoms with E-state index < -0.39 is 97.5 Å². The van der Waals surface area contributed by atoms with Gasteiger partial charge in [-0.25, -0.2) is 9.13 Å². The Bertz CT molecular complexity index is 1940. The molecule has 19 heteroatoms. The number of unbranched alkanes of at least 4 members (excludes halogenated alkanes) is 40. The molecule has 17 nitrogen and oxygen atoms in total. The molecule has 0 bridgehead atoms. The minimum absolute atomic E-state index is 0.106. The van der Waals surface area contributed by atoms with Crippen LogP contribution in [0.1, 0.15) is 409 Å². The number of phosphoric acid groups is 2. The van der Waals surface area contributed by atoms with Crippen molar-refractivity contribution < 1.29 is 80.2 Å². The third-order valence-corrected chi connectivity index (χ3v) is 21.6. The molecule has 0 rings (SSSR count). The van der Waals surface area contributed by atoms with Gasteiger partial charge < -0.3 is 33.8 Å². The van der Waals surface area contributed by atoms with Crippen molar-refractivity contribution in [1.29, 1.82) is 0 Å². The first-order chi connectivity index (χ1) is 47.7. The van der Waals surface area contributed by atoms with Crippen molar-refractivity contribution >= 4 is 39.5 Å². The molecule has 0 saturated carbocycles. The molecular formula is C80H156O17P2. The molecule has 0 aromatic carbocycles. The lowest BCUT2D eigenvalue weighted by Gasteiger charge is -2.21. The number of carbonyl (C=O) groups excluding carboxylic acids is 4. The molecule has 99 heavy (non-hydrogen) atoms. The number of aliphatic hydroxyl groups is 1. The van der Waals surface area contributed by atoms with Crippen molar-refractivity contribution in [1.82, 2.24) is 0 Å². The average Bonchev–Trinajstić information content (AvgIpc) is 1.11. The van der Waals surface area contributed by atoms with Gasteiger partial charge in [0, 0.05) is 25.7 Å². The summed E-state index contributed by atoms with van der Waals surface area (Å²) in [7, 11) is -9.92. The Balaban J connectivity index is 5.23. The van der Waals surface area contributed by atoms with Crippen LogP contribution in [0, 0.1) is 23.7 Å². The van der Waals surface area contributed by atoms with Gasteiger partial charge in [-0.2, -0.15) is 0 Å². The van der Waals surface area contributed by atoms with Crippen LogP contribution in [0.5, 0.6) is 0 Å². The summed E-state index contributed by atoms with van der Waals surface area (Å²) in [6.07, 6.45) is 55.4. The molecule has 0 aliphatic rings. The van der Waals surface area contributed by atoms with E-state index in [1.165, 1.54) is 205 Å². The van der Waals surface area contributed by atoms with Crippen molar-refractivity contribution in [3.8, 4) is 0 Å².